The van der Waals surface area contributed by atoms with Gasteiger partial charge >= 0.3 is 6.18 Å². The topological polar surface area (TPSA) is 17.8 Å². The highest BCUT2D eigenvalue weighted by molar-refractivity contribution is 9.10. The Morgan fingerprint density at radius 2 is 2.15 bits per heavy atom. The van der Waals surface area contributed by atoms with Crippen LogP contribution in [-0.4, -0.2) is 15.4 Å². The number of halogens is 4. The molecule has 0 N–H and O–H groups in total. The van der Waals surface area contributed by atoms with E-state index in [2.05, 4.69) is 33.8 Å². The molecule has 1 heterocycles. The molecule has 0 radical (unpaired) electrons. The van der Waals surface area contributed by atoms with Gasteiger partial charge in [0.05, 0.1) is 0 Å². The van der Waals surface area contributed by atoms with E-state index in [9.17, 15) is 13.2 Å². The van der Waals surface area contributed by atoms with Crippen molar-refractivity contribution in [3.63, 3.8) is 0 Å². The summed E-state index contributed by atoms with van der Waals surface area (Å²) >= 11 is 6.81. The summed E-state index contributed by atoms with van der Waals surface area (Å²) in [7, 11) is 0. The summed E-state index contributed by atoms with van der Waals surface area (Å²) in [6.07, 6.45) is -4.49. The Kier molecular flexibility index (Phi) is 2.93. The average molecular weight is 271 g/mol. The summed E-state index contributed by atoms with van der Waals surface area (Å²) in [5.41, 5.74) is 0.0131. The maximum absolute atomic E-state index is 11.6. The van der Waals surface area contributed by atoms with E-state index >= 15 is 0 Å². The van der Waals surface area contributed by atoms with Gasteiger partial charge in [-0.05, 0) is 34.7 Å². The molecule has 0 amide bonds. The summed E-state index contributed by atoms with van der Waals surface area (Å²) in [5.74, 6) is 2.96. The molecule has 0 aromatic carbocycles. The third-order valence-corrected chi connectivity index (χ3v) is 2.13. The van der Waals surface area contributed by atoms with Crippen LogP contribution in [-0.2, 0) is 0 Å². The van der Waals surface area contributed by atoms with Crippen molar-refractivity contribution in [2.24, 2.45) is 0 Å². The first kappa shape index (κ1) is 10.5. The van der Waals surface area contributed by atoms with Gasteiger partial charge in [0.2, 0.25) is 0 Å². The lowest BCUT2D eigenvalue weighted by Crippen LogP contribution is -2.01. The Bertz CT molecular complexity index is 354. The highest BCUT2D eigenvalue weighted by atomic mass is 79.9. The Balaban J connectivity index is 2.91. The van der Waals surface area contributed by atoms with Crippen molar-refractivity contribution < 1.29 is 13.2 Å². The van der Waals surface area contributed by atoms with Crippen LogP contribution in [0.25, 0.3) is 0 Å². The van der Waals surface area contributed by atoms with Crippen LogP contribution < -0.4 is 0 Å². The monoisotopic (exact) mass is 270 g/mol. The van der Waals surface area contributed by atoms with Gasteiger partial charge in [0, 0.05) is 12.0 Å². The number of hydrogen-bond donors (Lipinski definition) is 1. The van der Waals surface area contributed by atoms with Crippen molar-refractivity contribution in [3.05, 3.63) is 16.4 Å². The summed E-state index contributed by atoms with van der Waals surface area (Å²) in [6, 6.07) is 1.34. The van der Waals surface area contributed by atoms with E-state index in [1.54, 1.807) is 0 Å². The van der Waals surface area contributed by atoms with Crippen molar-refractivity contribution >= 4 is 28.7 Å². The van der Waals surface area contributed by atoms with Crippen molar-refractivity contribution in [3.8, 4) is 11.8 Å². The first-order chi connectivity index (χ1) is 5.88. The quantitative estimate of drug-likeness (QED) is 0.566. The van der Waals surface area contributed by atoms with Crippen molar-refractivity contribution in [2.75, 3.05) is 0 Å². The Morgan fingerprint density at radius 1 is 1.54 bits per heavy atom. The summed E-state index contributed by atoms with van der Waals surface area (Å²) in [4.78, 5) is 0. The molecule has 70 valence electrons. The van der Waals surface area contributed by atoms with Gasteiger partial charge in [0.1, 0.15) is 10.3 Å². The zero-order valence-electron chi connectivity index (χ0n) is 5.93. The fourth-order valence-electron chi connectivity index (χ4n) is 0.545. The van der Waals surface area contributed by atoms with E-state index in [-0.39, 0.29) is 5.69 Å². The lowest BCUT2D eigenvalue weighted by atomic mass is 10.4. The number of aromatic nitrogens is 2. The smallest absolute Gasteiger partial charge is 0.202 e. The predicted octanol–water partition coefficient (Wildman–Crippen LogP) is 2.25. The molecule has 1 aromatic rings. The van der Waals surface area contributed by atoms with Crippen LogP contribution in [0.3, 0.4) is 0 Å². The van der Waals surface area contributed by atoms with Crippen LogP contribution in [0.5, 0.6) is 0 Å². The molecule has 7 heteroatoms. The lowest BCUT2D eigenvalue weighted by Gasteiger charge is -1.90. The zero-order valence-corrected chi connectivity index (χ0v) is 8.41. The van der Waals surface area contributed by atoms with E-state index in [4.69, 9.17) is 0 Å². The standard InChI is InChI=1S/C6H2BrF3N2S/c7-5-3-4(11-12(5)13)1-2-6(8,9)10/h3,13H. The molecule has 1 aromatic heterocycles. The fourth-order valence-corrected chi connectivity index (χ4v) is 0.995. The average Bonchev–Trinajstić information content (AvgIpc) is 2.27. The fraction of sp³-hybridized carbons (Fsp3) is 0.167. The van der Waals surface area contributed by atoms with E-state index in [1.165, 1.54) is 6.07 Å². The van der Waals surface area contributed by atoms with Gasteiger partial charge in [-0.1, -0.05) is 0 Å². The second-order valence-corrected chi connectivity index (χ2v) is 3.18. The number of alkyl halides is 3. The van der Waals surface area contributed by atoms with Gasteiger partial charge in [0.25, 0.3) is 0 Å². The van der Waals surface area contributed by atoms with Gasteiger partial charge in [-0.25, -0.2) is 4.09 Å². The molecule has 0 aliphatic heterocycles. The number of rotatable bonds is 0. The van der Waals surface area contributed by atoms with Crippen LogP contribution in [0, 0.1) is 11.8 Å². The highest BCUT2D eigenvalue weighted by Crippen LogP contribution is 2.14. The maximum Gasteiger partial charge on any atom is 0.458 e. The minimum atomic E-state index is -4.49. The van der Waals surface area contributed by atoms with Crippen molar-refractivity contribution in [1.29, 1.82) is 0 Å². The minimum absolute atomic E-state index is 0.0131. The predicted molar refractivity (Wildman–Crippen MR) is 47.2 cm³/mol. The summed E-state index contributed by atoms with van der Waals surface area (Å²) in [6.45, 7) is 0. The SMILES string of the molecule is FC(F)(F)C#Cc1cc(Br)n(S)n1. The summed E-state index contributed by atoms with van der Waals surface area (Å²) in [5, 5.41) is 3.57. The molecule has 0 fully saturated rings. The van der Waals surface area contributed by atoms with Gasteiger partial charge in [-0.3, -0.25) is 0 Å². The molecule has 2 nitrogen and oxygen atoms in total. The normalized spacial score (nSPS) is 10.8. The zero-order chi connectivity index (χ0) is 10.1. The molecule has 0 bridgehead atoms. The van der Waals surface area contributed by atoms with E-state index in [0.29, 0.717) is 4.60 Å². The molecular formula is C6H2BrF3N2S. The third-order valence-electron chi connectivity index (χ3n) is 0.982. The van der Waals surface area contributed by atoms with Gasteiger partial charge in [0.15, 0.2) is 0 Å². The molecule has 0 aliphatic carbocycles. The number of thiol groups is 1. The molecule has 13 heavy (non-hydrogen) atoms. The first-order valence-electron chi connectivity index (χ1n) is 2.93. The van der Waals surface area contributed by atoms with Gasteiger partial charge < -0.3 is 0 Å². The van der Waals surface area contributed by atoms with Crippen molar-refractivity contribution in [2.45, 2.75) is 6.18 Å². The lowest BCUT2D eigenvalue weighted by molar-refractivity contribution is -0.0696. The molecule has 0 atom stereocenters. The molecule has 0 saturated carbocycles. The minimum Gasteiger partial charge on any atom is -0.202 e. The molecule has 0 aliphatic rings. The van der Waals surface area contributed by atoms with Crippen LogP contribution in [0.2, 0.25) is 0 Å². The van der Waals surface area contributed by atoms with Crippen LogP contribution >= 0.6 is 28.7 Å². The van der Waals surface area contributed by atoms with E-state index in [0.717, 1.165) is 10.0 Å². The van der Waals surface area contributed by atoms with Gasteiger partial charge in [-0.2, -0.15) is 18.3 Å². The van der Waals surface area contributed by atoms with Crippen LogP contribution in [0.4, 0.5) is 13.2 Å². The van der Waals surface area contributed by atoms with E-state index in [1.807, 2.05) is 5.92 Å². The first-order valence-corrected chi connectivity index (χ1v) is 4.12. The third kappa shape index (κ3) is 3.32. The maximum atomic E-state index is 11.6. The number of nitrogens with zero attached hydrogens (tertiary/aromatic N) is 2. The number of hydrogen-bond acceptors (Lipinski definition) is 2. The van der Waals surface area contributed by atoms with Crippen molar-refractivity contribution in [1.82, 2.24) is 9.19 Å². The molecular weight excluding hydrogens is 269 g/mol. The van der Waals surface area contributed by atoms with Crippen LogP contribution in [0.1, 0.15) is 5.69 Å². The highest BCUT2D eigenvalue weighted by Gasteiger charge is 2.23. The Morgan fingerprint density at radius 3 is 2.54 bits per heavy atom. The summed E-state index contributed by atoms with van der Waals surface area (Å²) < 4.78 is 36.4. The second-order valence-electron chi connectivity index (χ2n) is 1.99. The molecule has 1 rings (SSSR count). The molecule has 0 spiro atoms. The largest absolute Gasteiger partial charge is 0.458 e. The second kappa shape index (κ2) is 3.64. The van der Waals surface area contributed by atoms with Crippen LogP contribution in [0.15, 0.2) is 10.7 Å². The molecule has 0 unspecified atom stereocenters. The molecule has 0 saturated heterocycles. The Labute approximate surface area is 85.8 Å². The van der Waals surface area contributed by atoms with E-state index < -0.39 is 6.18 Å². The van der Waals surface area contributed by atoms with Gasteiger partial charge in [-0.15, -0.1) is 0 Å². The Hall–Kier alpha value is -0.610.